The first-order chi connectivity index (χ1) is 8.48. The molecule has 2 rings (SSSR count). The molecule has 1 aliphatic rings. The molecule has 1 N–H and O–H groups in total. The number of rotatable bonds is 4. The van der Waals surface area contributed by atoms with Crippen molar-refractivity contribution in [1.82, 2.24) is 20.0 Å². The van der Waals surface area contributed by atoms with Crippen LogP contribution in [0.15, 0.2) is 12.4 Å². The molecule has 2 heterocycles. The van der Waals surface area contributed by atoms with Crippen LogP contribution in [0.5, 0.6) is 0 Å². The molecule has 0 bridgehead atoms. The zero-order chi connectivity index (χ0) is 13.2. The molecule has 1 atom stereocenters. The van der Waals surface area contributed by atoms with Crippen LogP contribution in [0, 0.1) is 5.41 Å². The number of nitrogens with one attached hydrogen (secondary N) is 1. The second-order valence-electron chi connectivity index (χ2n) is 6.16. The lowest BCUT2D eigenvalue weighted by Crippen LogP contribution is -2.42. The van der Waals surface area contributed by atoms with Crippen molar-refractivity contribution in [2.24, 2.45) is 12.5 Å². The van der Waals surface area contributed by atoms with E-state index in [4.69, 9.17) is 0 Å². The van der Waals surface area contributed by atoms with Gasteiger partial charge in [0.05, 0.1) is 6.20 Å². The Hall–Kier alpha value is -0.870. The minimum atomic E-state index is 0.384. The summed E-state index contributed by atoms with van der Waals surface area (Å²) >= 11 is 0. The molecule has 1 aromatic rings. The van der Waals surface area contributed by atoms with Gasteiger partial charge in [-0.3, -0.25) is 4.68 Å². The maximum Gasteiger partial charge on any atom is 0.0537 e. The Morgan fingerprint density at radius 3 is 2.61 bits per heavy atom. The van der Waals surface area contributed by atoms with E-state index in [0.29, 0.717) is 11.5 Å². The smallest absolute Gasteiger partial charge is 0.0537 e. The van der Waals surface area contributed by atoms with Gasteiger partial charge in [-0.05, 0) is 45.3 Å². The lowest BCUT2D eigenvalue weighted by Gasteiger charge is -2.38. The van der Waals surface area contributed by atoms with Crippen LogP contribution < -0.4 is 5.32 Å². The molecule has 18 heavy (non-hydrogen) atoms. The van der Waals surface area contributed by atoms with Gasteiger partial charge in [-0.2, -0.15) is 5.10 Å². The third-order valence-corrected chi connectivity index (χ3v) is 4.25. The van der Waals surface area contributed by atoms with Crippen molar-refractivity contribution in [2.75, 3.05) is 26.7 Å². The molecule has 4 heteroatoms. The van der Waals surface area contributed by atoms with E-state index in [9.17, 15) is 0 Å². The predicted octanol–water partition coefficient (Wildman–Crippen LogP) is 1.80. The summed E-state index contributed by atoms with van der Waals surface area (Å²) < 4.78 is 1.87. The Labute approximate surface area is 110 Å². The van der Waals surface area contributed by atoms with Crippen LogP contribution in [0.2, 0.25) is 0 Å². The first kappa shape index (κ1) is 13.6. The predicted molar refractivity (Wildman–Crippen MR) is 74.5 cm³/mol. The molecule has 0 spiro atoms. The number of aromatic nitrogens is 2. The maximum absolute atomic E-state index is 4.23. The van der Waals surface area contributed by atoms with Gasteiger partial charge in [0, 0.05) is 31.4 Å². The highest BCUT2D eigenvalue weighted by Crippen LogP contribution is 2.30. The highest BCUT2D eigenvalue weighted by atomic mass is 15.2. The van der Waals surface area contributed by atoms with Crippen LogP contribution in [0.25, 0.3) is 0 Å². The zero-order valence-corrected chi connectivity index (χ0v) is 12.1. The van der Waals surface area contributed by atoms with E-state index in [0.717, 1.165) is 6.54 Å². The quantitative estimate of drug-likeness (QED) is 0.884. The lowest BCUT2D eigenvalue weighted by atomic mass is 9.80. The summed E-state index contributed by atoms with van der Waals surface area (Å²) in [5.41, 5.74) is 1.72. The third-order valence-electron chi connectivity index (χ3n) is 4.25. The molecule has 0 amide bonds. The van der Waals surface area contributed by atoms with Gasteiger partial charge in [-0.15, -0.1) is 0 Å². The molecular weight excluding hydrogens is 224 g/mol. The Kier molecular flexibility index (Phi) is 4.07. The van der Waals surface area contributed by atoms with Crippen molar-refractivity contribution < 1.29 is 0 Å². The monoisotopic (exact) mass is 250 g/mol. The third kappa shape index (κ3) is 3.33. The Bertz CT molecular complexity index is 377. The summed E-state index contributed by atoms with van der Waals surface area (Å²) in [7, 11) is 4.18. The van der Waals surface area contributed by atoms with E-state index in [1.807, 2.05) is 17.9 Å². The lowest BCUT2D eigenvalue weighted by molar-refractivity contribution is 0.134. The summed E-state index contributed by atoms with van der Waals surface area (Å²) in [6.45, 7) is 8.16. The summed E-state index contributed by atoms with van der Waals surface area (Å²) in [6.07, 6.45) is 6.62. The molecule has 1 aromatic heterocycles. The first-order valence-corrected chi connectivity index (χ1v) is 6.89. The fourth-order valence-electron chi connectivity index (χ4n) is 2.52. The molecule has 0 saturated carbocycles. The van der Waals surface area contributed by atoms with Crippen molar-refractivity contribution >= 4 is 0 Å². The second-order valence-corrected chi connectivity index (χ2v) is 6.16. The standard InChI is InChI=1S/C14H26N4/c1-12(13-9-16-18(4)10-13)15-11-14(2)5-7-17(3)8-6-14/h9-10,12,15H,5-8,11H2,1-4H3. The zero-order valence-electron chi connectivity index (χ0n) is 12.1. The van der Waals surface area contributed by atoms with Crippen molar-refractivity contribution in [3.05, 3.63) is 18.0 Å². The largest absolute Gasteiger partial charge is 0.310 e. The van der Waals surface area contributed by atoms with Crippen molar-refractivity contribution in [2.45, 2.75) is 32.7 Å². The molecule has 0 aliphatic carbocycles. The van der Waals surface area contributed by atoms with E-state index in [1.165, 1.54) is 31.5 Å². The molecular formula is C14H26N4. The van der Waals surface area contributed by atoms with Gasteiger partial charge in [0.25, 0.3) is 0 Å². The van der Waals surface area contributed by atoms with Gasteiger partial charge in [-0.25, -0.2) is 0 Å². The molecule has 102 valence electrons. The van der Waals surface area contributed by atoms with Crippen LogP contribution in [0.1, 0.15) is 38.3 Å². The average molecular weight is 250 g/mol. The highest BCUT2D eigenvalue weighted by Gasteiger charge is 2.28. The van der Waals surface area contributed by atoms with Crippen molar-refractivity contribution in [3.8, 4) is 0 Å². The van der Waals surface area contributed by atoms with Gasteiger partial charge in [0.2, 0.25) is 0 Å². The molecule has 4 nitrogen and oxygen atoms in total. The maximum atomic E-state index is 4.23. The molecule has 1 unspecified atom stereocenters. The van der Waals surface area contributed by atoms with Crippen LogP contribution in [-0.2, 0) is 7.05 Å². The van der Waals surface area contributed by atoms with Crippen LogP contribution >= 0.6 is 0 Å². The van der Waals surface area contributed by atoms with Gasteiger partial charge in [0.1, 0.15) is 0 Å². The summed E-state index contributed by atoms with van der Waals surface area (Å²) in [4.78, 5) is 2.42. The van der Waals surface area contributed by atoms with Crippen LogP contribution in [-0.4, -0.2) is 41.4 Å². The van der Waals surface area contributed by atoms with Crippen LogP contribution in [0.3, 0.4) is 0 Å². The normalized spacial score (nSPS) is 22.0. The Morgan fingerprint density at radius 1 is 1.39 bits per heavy atom. The van der Waals surface area contributed by atoms with E-state index >= 15 is 0 Å². The van der Waals surface area contributed by atoms with Gasteiger partial charge >= 0.3 is 0 Å². The van der Waals surface area contributed by atoms with Crippen molar-refractivity contribution in [1.29, 1.82) is 0 Å². The number of hydrogen-bond acceptors (Lipinski definition) is 3. The topological polar surface area (TPSA) is 33.1 Å². The van der Waals surface area contributed by atoms with Crippen LogP contribution in [0.4, 0.5) is 0 Å². The first-order valence-electron chi connectivity index (χ1n) is 6.89. The van der Waals surface area contributed by atoms with E-state index in [2.05, 4.69) is 42.4 Å². The Morgan fingerprint density at radius 2 is 2.06 bits per heavy atom. The summed E-state index contributed by atoms with van der Waals surface area (Å²) in [6, 6.07) is 0.384. The SMILES string of the molecule is CC(NCC1(C)CCN(C)CC1)c1cnn(C)c1. The van der Waals surface area contributed by atoms with Gasteiger partial charge in [0.15, 0.2) is 0 Å². The van der Waals surface area contributed by atoms with Crippen molar-refractivity contribution in [3.63, 3.8) is 0 Å². The molecule has 1 fully saturated rings. The number of hydrogen-bond donors (Lipinski definition) is 1. The molecule has 0 aromatic carbocycles. The molecule has 1 saturated heterocycles. The average Bonchev–Trinajstić information content (AvgIpc) is 2.77. The second kappa shape index (κ2) is 5.41. The highest BCUT2D eigenvalue weighted by molar-refractivity contribution is 5.09. The van der Waals surface area contributed by atoms with E-state index in [-0.39, 0.29) is 0 Å². The number of likely N-dealkylation sites (tertiary alicyclic amines) is 1. The molecule has 0 radical (unpaired) electrons. The summed E-state index contributed by atoms with van der Waals surface area (Å²) in [5.74, 6) is 0. The minimum Gasteiger partial charge on any atom is -0.310 e. The van der Waals surface area contributed by atoms with E-state index < -0.39 is 0 Å². The Balaban J connectivity index is 1.84. The van der Waals surface area contributed by atoms with Gasteiger partial charge < -0.3 is 10.2 Å². The fraction of sp³-hybridized carbons (Fsp3) is 0.786. The number of piperidine rings is 1. The summed E-state index contributed by atoms with van der Waals surface area (Å²) in [5, 5.41) is 7.90. The van der Waals surface area contributed by atoms with E-state index in [1.54, 1.807) is 0 Å². The fourth-order valence-corrected chi connectivity index (χ4v) is 2.52. The molecule has 1 aliphatic heterocycles. The van der Waals surface area contributed by atoms with Gasteiger partial charge in [-0.1, -0.05) is 6.92 Å². The number of aryl methyl sites for hydroxylation is 1. The number of nitrogens with zero attached hydrogens (tertiary/aromatic N) is 3. The minimum absolute atomic E-state index is 0.384.